The van der Waals surface area contributed by atoms with Crippen LogP contribution < -0.4 is 0 Å². The number of hydrogen-bond acceptors (Lipinski definition) is 3. The minimum absolute atomic E-state index is 0.227. The molecule has 1 rings (SSSR count). The van der Waals surface area contributed by atoms with Gasteiger partial charge in [0, 0.05) is 4.47 Å². The third-order valence-corrected chi connectivity index (χ3v) is 5.30. The summed E-state index contributed by atoms with van der Waals surface area (Å²) in [6.45, 7) is 10.1. The first-order valence-corrected chi connectivity index (χ1v) is 7.71. The minimum Gasteiger partial charge on any atom is -0.292 e. The number of hydrogen-bond donors (Lipinski definition) is 0. The van der Waals surface area contributed by atoms with Crippen molar-refractivity contribution in [2.45, 2.75) is 39.7 Å². The Morgan fingerprint density at radius 1 is 1.41 bits per heavy atom. The Hall–Kier alpha value is -0.190. The van der Waals surface area contributed by atoms with Gasteiger partial charge in [-0.05, 0) is 53.8 Å². The first-order valence-electron chi connectivity index (χ1n) is 6.04. The van der Waals surface area contributed by atoms with E-state index in [0.717, 1.165) is 28.9 Å². The number of likely N-dealkylation sites (N-methyl/N-ethyl adjacent to an activating group) is 1. The van der Waals surface area contributed by atoms with Crippen molar-refractivity contribution in [2.24, 2.45) is 0 Å². The van der Waals surface area contributed by atoms with Crippen molar-refractivity contribution >= 4 is 33.0 Å². The highest BCUT2D eigenvalue weighted by Crippen LogP contribution is 2.31. The monoisotopic (exact) mass is 317 g/mol. The second-order valence-corrected chi connectivity index (χ2v) is 6.00. The van der Waals surface area contributed by atoms with E-state index in [2.05, 4.69) is 48.5 Å². The maximum absolute atomic E-state index is 12.7. The fourth-order valence-corrected chi connectivity index (χ4v) is 3.76. The summed E-state index contributed by atoms with van der Waals surface area (Å²) >= 11 is 4.97. The molecule has 1 aromatic rings. The maximum atomic E-state index is 12.7. The predicted octanol–water partition coefficient (Wildman–Crippen LogP) is 4.20. The number of ketones is 1. The molecule has 1 unspecified atom stereocenters. The van der Waals surface area contributed by atoms with E-state index in [9.17, 15) is 4.79 Å². The van der Waals surface area contributed by atoms with E-state index in [-0.39, 0.29) is 5.78 Å². The molecule has 96 valence electrons. The Kier molecular flexibility index (Phi) is 5.35. The Morgan fingerprint density at radius 2 is 2.00 bits per heavy atom. The molecule has 17 heavy (non-hydrogen) atoms. The number of rotatable bonds is 6. The zero-order valence-corrected chi connectivity index (χ0v) is 13.3. The van der Waals surface area contributed by atoms with E-state index < -0.39 is 5.54 Å². The Balaban J connectivity index is 3.09. The average molecular weight is 318 g/mol. The van der Waals surface area contributed by atoms with Crippen LogP contribution in [0.1, 0.15) is 43.8 Å². The van der Waals surface area contributed by atoms with Crippen molar-refractivity contribution < 1.29 is 4.79 Å². The van der Waals surface area contributed by atoms with Crippen LogP contribution in [0.5, 0.6) is 0 Å². The predicted molar refractivity (Wildman–Crippen MR) is 78.0 cm³/mol. The van der Waals surface area contributed by atoms with Gasteiger partial charge in [-0.25, -0.2) is 0 Å². The van der Waals surface area contributed by atoms with E-state index in [4.69, 9.17) is 0 Å². The number of nitrogens with zero attached hydrogens (tertiary/aromatic N) is 1. The molecule has 0 aliphatic rings. The summed E-state index contributed by atoms with van der Waals surface area (Å²) in [5.74, 6) is 0.227. The number of Topliss-reactive ketones (excluding diaryl/α,β-unsaturated/α-hetero) is 1. The number of thiophene rings is 1. The lowest BCUT2D eigenvalue weighted by Gasteiger charge is -2.38. The lowest BCUT2D eigenvalue weighted by Crippen LogP contribution is -2.51. The van der Waals surface area contributed by atoms with Crippen molar-refractivity contribution in [3.05, 3.63) is 20.8 Å². The van der Waals surface area contributed by atoms with Crippen molar-refractivity contribution in [2.75, 3.05) is 13.1 Å². The van der Waals surface area contributed by atoms with Crippen LogP contribution in [0.3, 0.4) is 0 Å². The molecule has 0 spiro atoms. The molecule has 0 N–H and O–H groups in total. The maximum Gasteiger partial charge on any atom is 0.193 e. The van der Waals surface area contributed by atoms with Gasteiger partial charge in [-0.3, -0.25) is 9.69 Å². The molecule has 4 heteroatoms. The molecule has 1 atom stereocenters. The normalized spacial score (nSPS) is 14.9. The lowest BCUT2D eigenvalue weighted by atomic mass is 9.90. The number of carbonyl (C=O) groups excluding carboxylic acids is 1. The van der Waals surface area contributed by atoms with Crippen LogP contribution in [0.15, 0.2) is 15.9 Å². The topological polar surface area (TPSA) is 20.3 Å². The lowest BCUT2D eigenvalue weighted by molar-refractivity contribution is 0.0611. The van der Waals surface area contributed by atoms with Gasteiger partial charge < -0.3 is 0 Å². The van der Waals surface area contributed by atoms with Crippen molar-refractivity contribution in [3.63, 3.8) is 0 Å². The summed E-state index contributed by atoms with van der Waals surface area (Å²) in [7, 11) is 0. The van der Waals surface area contributed by atoms with E-state index in [1.165, 1.54) is 11.3 Å². The van der Waals surface area contributed by atoms with Crippen molar-refractivity contribution in [3.8, 4) is 0 Å². The van der Waals surface area contributed by atoms with E-state index >= 15 is 0 Å². The summed E-state index contributed by atoms with van der Waals surface area (Å²) in [4.78, 5) is 15.7. The smallest absolute Gasteiger partial charge is 0.193 e. The first-order chi connectivity index (χ1) is 8.01. The molecule has 0 saturated carbocycles. The summed E-state index contributed by atoms with van der Waals surface area (Å²) in [5, 5.41) is 1.95. The van der Waals surface area contributed by atoms with Crippen molar-refractivity contribution in [1.82, 2.24) is 4.90 Å². The SMILES string of the molecule is CCN(CC)C(C)(CC)C(=O)c1sccc1Br. The van der Waals surface area contributed by atoms with Crippen LogP contribution in [-0.2, 0) is 0 Å². The van der Waals surface area contributed by atoms with Gasteiger partial charge in [0.2, 0.25) is 0 Å². The first kappa shape index (κ1) is 14.9. The molecule has 2 nitrogen and oxygen atoms in total. The largest absolute Gasteiger partial charge is 0.292 e. The Bertz CT molecular complexity index is 387. The van der Waals surface area contributed by atoms with Gasteiger partial charge in [0.05, 0.1) is 10.4 Å². The zero-order valence-electron chi connectivity index (χ0n) is 10.9. The van der Waals surface area contributed by atoms with Crippen LogP contribution in [0.4, 0.5) is 0 Å². The molecule has 0 saturated heterocycles. The fourth-order valence-electron chi connectivity index (χ4n) is 2.15. The van der Waals surface area contributed by atoms with Gasteiger partial charge in [0.1, 0.15) is 0 Å². The summed E-state index contributed by atoms with van der Waals surface area (Å²) < 4.78 is 0.916. The van der Waals surface area contributed by atoms with Crippen LogP contribution in [0, 0.1) is 0 Å². The number of halogens is 1. The van der Waals surface area contributed by atoms with Crippen LogP contribution in [0.25, 0.3) is 0 Å². The molecule has 0 aliphatic carbocycles. The molecular formula is C13H20BrNOS. The van der Waals surface area contributed by atoms with E-state index in [0.29, 0.717) is 0 Å². The van der Waals surface area contributed by atoms with Crippen LogP contribution >= 0.6 is 27.3 Å². The van der Waals surface area contributed by atoms with Gasteiger partial charge in [0.15, 0.2) is 5.78 Å². The molecule has 0 fully saturated rings. The number of carbonyl (C=O) groups is 1. The second-order valence-electron chi connectivity index (χ2n) is 4.23. The van der Waals surface area contributed by atoms with E-state index in [1.54, 1.807) is 0 Å². The third-order valence-electron chi connectivity index (χ3n) is 3.46. The van der Waals surface area contributed by atoms with E-state index in [1.807, 2.05) is 11.4 Å². The highest BCUT2D eigenvalue weighted by atomic mass is 79.9. The highest BCUT2D eigenvalue weighted by Gasteiger charge is 2.37. The van der Waals surface area contributed by atoms with Crippen molar-refractivity contribution in [1.29, 1.82) is 0 Å². The van der Waals surface area contributed by atoms with Gasteiger partial charge in [-0.2, -0.15) is 0 Å². The summed E-state index contributed by atoms with van der Waals surface area (Å²) in [6.07, 6.45) is 0.831. The second kappa shape index (κ2) is 6.12. The summed E-state index contributed by atoms with van der Waals surface area (Å²) in [5.41, 5.74) is -0.392. The van der Waals surface area contributed by atoms with Gasteiger partial charge in [-0.15, -0.1) is 11.3 Å². The molecule has 0 aliphatic heterocycles. The fraction of sp³-hybridized carbons (Fsp3) is 0.615. The van der Waals surface area contributed by atoms with Gasteiger partial charge >= 0.3 is 0 Å². The molecule has 0 radical (unpaired) electrons. The standard InChI is InChI=1S/C13H20BrNOS/c1-5-13(4,15(6-2)7-3)12(16)11-10(14)8-9-17-11/h8-9H,5-7H2,1-4H3. The van der Waals surface area contributed by atoms with Crippen LogP contribution in [0.2, 0.25) is 0 Å². The quantitative estimate of drug-likeness (QED) is 0.733. The molecule has 0 amide bonds. The highest BCUT2D eigenvalue weighted by molar-refractivity contribution is 9.10. The molecule has 1 aromatic heterocycles. The molecule has 0 aromatic carbocycles. The zero-order chi connectivity index (χ0) is 13.1. The molecular weight excluding hydrogens is 298 g/mol. The van der Waals surface area contributed by atoms with Crippen LogP contribution in [-0.4, -0.2) is 29.3 Å². The minimum atomic E-state index is -0.392. The van der Waals surface area contributed by atoms with Gasteiger partial charge in [-0.1, -0.05) is 20.8 Å². The average Bonchev–Trinajstić information content (AvgIpc) is 2.75. The summed E-state index contributed by atoms with van der Waals surface area (Å²) in [6, 6.07) is 1.94. The molecule has 1 heterocycles. The van der Waals surface area contributed by atoms with Gasteiger partial charge in [0.25, 0.3) is 0 Å². The molecule has 0 bridgehead atoms. The Morgan fingerprint density at radius 3 is 2.35 bits per heavy atom. The Labute approximate surface area is 116 Å². The third kappa shape index (κ3) is 2.80.